The average Bonchev–Trinajstić information content (AvgIpc) is 2.55. The Morgan fingerprint density at radius 1 is 1.04 bits per heavy atom. The van der Waals surface area contributed by atoms with E-state index in [2.05, 4.69) is 39.9 Å². The van der Waals surface area contributed by atoms with Crippen molar-refractivity contribution in [1.29, 1.82) is 0 Å². The fraction of sp³-hybridized carbons (Fsp3) is 0.400. The lowest BCUT2D eigenvalue weighted by Crippen LogP contribution is -2.33. The van der Waals surface area contributed by atoms with Crippen molar-refractivity contribution in [2.24, 2.45) is 5.14 Å². The summed E-state index contributed by atoms with van der Waals surface area (Å²) in [5.74, 6) is 1.01. The smallest absolute Gasteiger partial charge is 0.238 e. The third kappa shape index (κ3) is 3.44. The Bertz CT molecular complexity index is 962. The fourth-order valence-electron chi connectivity index (χ4n) is 3.44. The molecule has 140 valence electrons. The van der Waals surface area contributed by atoms with Gasteiger partial charge in [0, 0.05) is 11.4 Å². The molecule has 0 fully saturated rings. The Hall–Kier alpha value is -2.05. The van der Waals surface area contributed by atoms with Gasteiger partial charge in [-0.3, -0.25) is 0 Å². The predicted octanol–water partition coefficient (Wildman–Crippen LogP) is 4.11. The van der Waals surface area contributed by atoms with Gasteiger partial charge in [0.05, 0.1) is 4.90 Å². The van der Waals surface area contributed by atoms with E-state index in [0.29, 0.717) is 0 Å². The highest BCUT2D eigenvalue weighted by molar-refractivity contribution is 7.89. The van der Waals surface area contributed by atoms with Crippen LogP contribution < -0.4 is 15.2 Å². The highest BCUT2D eigenvalue weighted by Crippen LogP contribution is 2.43. The minimum absolute atomic E-state index is 0.105. The maximum atomic E-state index is 11.4. The van der Waals surface area contributed by atoms with Gasteiger partial charge in [0.2, 0.25) is 10.0 Å². The molecule has 5 nitrogen and oxygen atoms in total. The summed E-state index contributed by atoms with van der Waals surface area (Å²) in [5.41, 5.74) is 6.42. The number of primary sulfonamides is 1. The van der Waals surface area contributed by atoms with E-state index in [1.807, 2.05) is 0 Å². The molecule has 0 saturated carbocycles. The lowest BCUT2D eigenvalue weighted by molar-refractivity contribution is 0.0834. The average molecular weight is 375 g/mol. The Morgan fingerprint density at radius 3 is 2.23 bits per heavy atom. The Labute approximate surface area is 155 Å². The first-order valence-electron chi connectivity index (χ1n) is 8.71. The molecule has 0 unspecified atom stereocenters. The summed E-state index contributed by atoms with van der Waals surface area (Å²) in [7, 11) is -3.68. The fourth-order valence-corrected chi connectivity index (χ4v) is 3.95. The van der Waals surface area contributed by atoms with Gasteiger partial charge in [-0.05, 0) is 94.0 Å². The Kier molecular flexibility index (Phi) is 4.53. The molecule has 0 aromatic heterocycles. The molecule has 1 aliphatic heterocycles. The lowest BCUT2D eigenvalue weighted by atomic mass is 9.87. The number of rotatable bonds is 3. The zero-order valence-electron chi connectivity index (χ0n) is 15.9. The third-order valence-corrected chi connectivity index (χ3v) is 6.12. The van der Waals surface area contributed by atoms with E-state index in [1.54, 1.807) is 12.1 Å². The van der Waals surface area contributed by atoms with Crippen molar-refractivity contribution in [3.05, 3.63) is 46.5 Å². The lowest BCUT2D eigenvalue weighted by Gasteiger charge is -2.36. The van der Waals surface area contributed by atoms with Crippen molar-refractivity contribution in [1.82, 2.24) is 0 Å². The molecule has 0 atom stereocenters. The van der Waals surface area contributed by atoms with Gasteiger partial charge in [0.1, 0.15) is 11.4 Å². The normalized spacial score (nSPS) is 15.9. The zero-order chi connectivity index (χ0) is 19.3. The number of hydrogen-bond acceptors (Lipinski definition) is 4. The van der Waals surface area contributed by atoms with Gasteiger partial charge in [-0.15, -0.1) is 0 Å². The number of hydrogen-bond donors (Lipinski definition) is 2. The van der Waals surface area contributed by atoms with Crippen LogP contribution in [0.4, 0.5) is 11.4 Å². The topological polar surface area (TPSA) is 81.4 Å². The summed E-state index contributed by atoms with van der Waals surface area (Å²) in [6, 6.07) is 6.48. The van der Waals surface area contributed by atoms with E-state index in [9.17, 15) is 8.42 Å². The molecular formula is C20H26N2O3S. The summed E-state index contributed by atoms with van der Waals surface area (Å²) in [6.45, 7) is 10.5. The standard InChI is InChI=1S/C20H26N2O3S/c1-12-13(2)19-17(10-11-20(4,5)25-19)14(3)18(12)22-15-6-8-16(9-7-15)26(21,23)24/h6-9,22H,10-11H2,1-5H3,(H2,21,23,24). The number of nitrogens with one attached hydrogen (secondary N) is 1. The first-order valence-corrected chi connectivity index (χ1v) is 10.3. The van der Waals surface area contributed by atoms with Crippen molar-refractivity contribution in [3.8, 4) is 5.75 Å². The Morgan fingerprint density at radius 2 is 1.65 bits per heavy atom. The molecular weight excluding hydrogens is 348 g/mol. The number of nitrogens with two attached hydrogens (primary N) is 1. The number of sulfonamides is 1. The van der Waals surface area contributed by atoms with Crippen LogP contribution in [0.25, 0.3) is 0 Å². The molecule has 2 aromatic carbocycles. The van der Waals surface area contributed by atoms with Crippen LogP contribution in [0, 0.1) is 20.8 Å². The molecule has 0 radical (unpaired) electrons. The van der Waals surface area contributed by atoms with E-state index in [-0.39, 0.29) is 10.5 Å². The van der Waals surface area contributed by atoms with E-state index >= 15 is 0 Å². The molecule has 1 aliphatic rings. The molecule has 1 heterocycles. The Balaban J connectivity index is 2.00. The van der Waals surface area contributed by atoms with E-state index in [0.717, 1.165) is 41.1 Å². The molecule has 3 rings (SSSR count). The van der Waals surface area contributed by atoms with Crippen molar-refractivity contribution < 1.29 is 13.2 Å². The summed E-state index contributed by atoms with van der Waals surface area (Å²) in [6.07, 6.45) is 1.96. The maximum Gasteiger partial charge on any atom is 0.238 e. The van der Waals surface area contributed by atoms with Crippen molar-refractivity contribution >= 4 is 21.4 Å². The van der Waals surface area contributed by atoms with Crippen LogP contribution in [0.1, 0.15) is 42.5 Å². The van der Waals surface area contributed by atoms with Crippen LogP contribution in [-0.4, -0.2) is 14.0 Å². The second-order valence-electron chi connectivity index (χ2n) is 7.61. The van der Waals surface area contributed by atoms with Crippen molar-refractivity contribution in [2.45, 2.75) is 58.0 Å². The molecule has 0 aliphatic carbocycles. The summed E-state index contributed by atoms with van der Waals surface area (Å²) in [5, 5.41) is 8.60. The zero-order valence-corrected chi connectivity index (χ0v) is 16.8. The molecule has 0 spiro atoms. The first kappa shape index (κ1) is 18.7. The molecule has 0 saturated heterocycles. The number of ether oxygens (including phenoxy) is 1. The molecule has 6 heteroatoms. The van der Waals surface area contributed by atoms with Gasteiger partial charge in [0.25, 0.3) is 0 Å². The van der Waals surface area contributed by atoms with Crippen LogP contribution in [0.15, 0.2) is 29.2 Å². The van der Waals surface area contributed by atoms with Crippen LogP contribution >= 0.6 is 0 Å². The highest BCUT2D eigenvalue weighted by atomic mass is 32.2. The van der Waals surface area contributed by atoms with E-state index in [1.165, 1.54) is 23.3 Å². The van der Waals surface area contributed by atoms with Crippen LogP contribution in [0.5, 0.6) is 5.75 Å². The van der Waals surface area contributed by atoms with Gasteiger partial charge in [-0.1, -0.05) is 0 Å². The van der Waals surface area contributed by atoms with Gasteiger partial charge in [-0.2, -0.15) is 0 Å². The minimum atomic E-state index is -3.68. The van der Waals surface area contributed by atoms with Gasteiger partial charge in [-0.25, -0.2) is 13.6 Å². The van der Waals surface area contributed by atoms with Crippen molar-refractivity contribution in [2.75, 3.05) is 5.32 Å². The minimum Gasteiger partial charge on any atom is -0.487 e. The SMILES string of the molecule is Cc1c(C)c2c(c(C)c1Nc1ccc(S(N)(=O)=O)cc1)CCC(C)(C)O2. The summed E-state index contributed by atoms with van der Waals surface area (Å²) >= 11 is 0. The molecule has 0 amide bonds. The summed E-state index contributed by atoms with van der Waals surface area (Å²) < 4.78 is 29.1. The first-order chi connectivity index (χ1) is 12.0. The maximum absolute atomic E-state index is 11.4. The number of anilines is 2. The monoisotopic (exact) mass is 374 g/mol. The van der Waals surface area contributed by atoms with Crippen LogP contribution in [0.3, 0.4) is 0 Å². The predicted molar refractivity (Wildman–Crippen MR) is 105 cm³/mol. The van der Waals surface area contributed by atoms with Gasteiger partial charge >= 0.3 is 0 Å². The molecule has 2 aromatic rings. The second kappa shape index (κ2) is 6.28. The quantitative estimate of drug-likeness (QED) is 0.847. The number of benzene rings is 2. The summed E-state index contributed by atoms with van der Waals surface area (Å²) in [4.78, 5) is 0.105. The van der Waals surface area contributed by atoms with Gasteiger partial charge < -0.3 is 10.1 Å². The van der Waals surface area contributed by atoms with E-state index in [4.69, 9.17) is 9.88 Å². The van der Waals surface area contributed by atoms with E-state index < -0.39 is 10.0 Å². The van der Waals surface area contributed by atoms with Crippen LogP contribution in [-0.2, 0) is 16.4 Å². The largest absolute Gasteiger partial charge is 0.487 e. The van der Waals surface area contributed by atoms with Crippen molar-refractivity contribution in [3.63, 3.8) is 0 Å². The molecule has 0 bridgehead atoms. The highest BCUT2D eigenvalue weighted by Gasteiger charge is 2.30. The third-order valence-electron chi connectivity index (χ3n) is 5.19. The molecule has 26 heavy (non-hydrogen) atoms. The number of fused-ring (bicyclic) bond motifs is 1. The van der Waals surface area contributed by atoms with Gasteiger partial charge in [0.15, 0.2) is 0 Å². The van der Waals surface area contributed by atoms with Crippen LogP contribution in [0.2, 0.25) is 0 Å². The molecule has 3 N–H and O–H groups in total. The second-order valence-corrected chi connectivity index (χ2v) is 9.18.